The second kappa shape index (κ2) is 9.14. The number of nitrogens with zero attached hydrogens (tertiary/aromatic N) is 3. The van der Waals surface area contributed by atoms with Crippen LogP contribution in [0, 0.1) is 6.57 Å². The van der Waals surface area contributed by atoms with Crippen molar-refractivity contribution >= 4 is 22.9 Å². The van der Waals surface area contributed by atoms with Gasteiger partial charge in [0.2, 0.25) is 6.54 Å². The highest BCUT2D eigenvalue weighted by atomic mass is 16.1. The van der Waals surface area contributed by atoms with Crippen LogP contribution < -0.4 is 11.1 Å². The molecule has 0 aliphatic heterocycles. The summed E-state index contributed by atoms with van der Waals surface area (Å²) in [5, 5.41) is 7.58. The number of anilines is 1. The van der Waals surface area contributed by atoms with Crippen LogP contribution in [0.25, 0.3) is 21.5 Å². The SMILES string of the molecule is [C-]#[N+]CCC(=O)[C@@H](Nc1c(C(N)=O)cnn2cc(-c3ccccc3)cc12)c1ccccc1. The minimum atomic E-state index is -0.739. The minimum Gasteiger partial charge on any atom is -0.369 e. The Hall–Kier alpha value is -4.44. The number of amides is 1. The molecule has 2 aromatic heterocycles. The third-order valence-electron chi connectivity index (χ3n) is 5.22. The van der Waals surface area contributed by atoms with Crippen LogP contribution in [0.4, 0.5) is 5.69 Å². The van der Waals surface area contributed by atoms with E-state index in [1.807, 2.05) is 72.9 Å². The Balaban J connectivity index is 1.83. The first kappa shape index (κ1) is 20.8. The monoisotopic (exact) mass is 423 g/mol. The normalized spacial score (nSPS) is 11.6. The molecule has 2 aromatic carbocycles. The molecular formula is C25H21N5O2. The molecule has 0 bridgehead atoms. The molecule has 4 rings (SSSR count). The number of hydrogen-bond donors (Lipinski definition) is 2. The molecule has 7 nitrogen and oxygen atoms in total. The van der Waals surface area contributed by atoms with Crippen LogP contribution in [-0.4, -0.2) is 27.8 Å². The molecule has 32 heavy (non-hydrogen) atoms. The minimum absolute atomic E-state index is 0.0968. The van der Waals surface area contributed by atoms with Crippen molar-refractivity contribution < 1.29 is 9.59 Å². The number of carbonyl (C=O) groups excluding carboxylic acids is 2. The number of Topliss-reactive ketones (excluding diaryl/α,β-unsaturated/α-hetero) is 1. The lowest BCUT2D eigenvalue weighted by Crippen LogP contribution is -2.24. The van der Waals surface area contributed by atoms with Crippen LogP contribution in [0.3, 0.4) is 0 Å². The van der Waals surface area contributed by atoms with Gasteiger partial charge in [-0.15, -0.1) is 0 Å². The van der Waals surface area contributed by atoms with Gasteiger partial charge in [0.05, 0.1) is 29.4 Å². The highest BCUT2D eigenvalue weighted by molar-refractivity contribution is 6.03. The van der Waals surface area contributed by atoms with Gasteiger partial charge in [0.15, 0.2) is 5.78 Å². The summed E-state index contributed by atoms with van der Waals surface area (Å²) in [7, 11) is 0. The Labute approximate surface area is 185 Å². The predicted molar refractivity (Wildman–Crippen MR) is 123 cm³/mol. The number of fused-ring (bicyclic) bond motifs is 1. The van der Waals surface area contributed by atoms with E-state index in [9.17, 15) is 9.59 Å². The van der Waals surface area contributed by atoms with E-state index in [2.05, 4.69) is 15.3 Å². The lowest BCUT2D eigenvalue weighted by atomic mass is 9.99. The van der Waals surface area contributed by atoms with Gasteiger partial charge in [0, 0.05) is 11.8 Å². The average Bonchev–Trinajstić information content (AvgIpc) is 3.26. The lowest BCUT2D eigenvalue weighted by Gasteiger charge is -2.21. The molecule has 0 unspecified atom stereocenters. The highest BCUT2D eigenvalue weighted by Crippen LogP contribution is 2.31. The molecule has 1 atom stereocenters. The van der Waals surface area contributed by atoms with Gasteiger partial charge in [-0.2, -0.15) is 5.10 Å². The standard InChI is InChI=1S/C25H21N5O2/c1-27-13-12-22(31)23(18-10-6-3-7-11-18)29-24-20(25(26)32)15-28-30-16-19(14-21(24)30)17-8-4-2-5-9-17/h2-11,14-16,23,29H,12-13H2,(H2,26,32)/t23-/m0/s1. The van der Waals surface area contributed by atoms with Crippen molar-refractivity contribution in [2.45, 2.75) is 12.5 Å². The Morgan fingerprint density at radius 3 is 2.41 bits per heavy atom. The van der Waals surface area contributed by atoms with Crippen molar-refractivity contribution in [1.29, 1.82) is 0 Å². The molecule has 0 spiro atoms. The molecule has 2 heterocycles. The second-order valence-corrected chi connectivity index (χ2v) is 7.31. The van der Waals surface area contributed by atoms with Crippen molar-refractivity contribution in [1.82, 2.24) is 9.61 Å². The summed E-state index contributed by atoms with van der Waals surface area (Å²) in [6, 6.07) is 20.2. The van der Waals surface area contributed by atoms with E-state index in [0.29, 0.717) is 11.2 Å². The van der Waals surface area contributed by atoms with Crippen LogP contribution in [0.15, 0.2) is 79.1 Å². The molecule has 4 aromatic rings. The van der Waals surface area contributed by atoms with Crippen LogP contribution in [0.1, 0.15) is 28.4 Å². The van der Waals surface area contributed by atoms with Gasteiger partial charge in [-0.1, -0.05) is 60.7 Å². The van der Waals surface area contributed by atoms with Gasteiger partial charge in [-0.25, -0.2) is 11.1 Å². The summed E-state index contributed by atoms with van der Waals surface area (Å²) in [5.41, 5.74) is 9.54. The fourth-order valence-electron chi connectivity index (χ4n) is 3.63. The van der Waals surface area contributed by atoms with Crippen LogP contribution in [0.2, 0.25) is 0 Å². The van der Waals surface area contributed by atoms with Crippen molar-refractivity contribution in [2.24, 2.45) is 5.73 Å². The molecule has 3 N–H and O–H groups in total. The first-order valence-electron chi connectivity index (χ1n) is 10.1. The largest absolute Gasteiger partial charge is 0.369 e. The van der Waals surface area contributed by atoms with Gasteiger partial charge in [-0.3, -0.25) is 9.59 Å². The summed E-state index contributed by atoms with van der Waals surface area (Å²) in [4.78, 5) is 28.5. The molecule has 158 valence electrons. The maximum absolute atomic E-state index is 13.0. The molecule has 0 saturated carbocycles. The van der Waals surface area contributed by atoms with Gasteiger partial charge in [0.25, 0.3) is 5.91 Å². The Morgan fingerprint density at radius 2 is 1.75 bits per heavy atom. The number of nitrogens with one attached hydrogen (secondary N) is 1. The summed E-state index contributed by atoms with van der Waals surface area (Å²) in [6.07, 6.45) is 3.36. The number of nitrogens with two attached hydrogens (primary N) is 1. The first-order valence-corrected chi connectivity index (χ1v) is 10.1. The van der Waals surface area contributed by atoms with Gasteiger partial charge in [0.1, 0.15) is 6.04 Å². The maximum atomic E-state index is 13.0. The fourth-order valence-corrected chi connectivity index (χ4v) is 3.63. The zero-order chi connectivity index (χ0) is 22.5. The van der Waals surface area contributed by atoms with Gasteiger partial charge < -0.3 is 15.9 Å². The third-order valence-corrected chi connectivity index (χ3v) is 5.22. The van der Waals surface area contributed by atoms with E-state index in [0.717, 1.165) is 16.7 Å². The highest BCUT2D eigenvalue weighted by Gasteiger charge is 2.25. The number of benzene rings is 2. The van der Waals surface area contributed by atoms with E-state index < -0.39 is 11.9 Å². The Bertz CT molecular complexity index is 1310. The average molecular weight is 423 g/mol. The van der Waals surface area contributed by atoms with Gasteiger partial charge >= 0.3 is 0 Å². The number of ketones is 1. The zero-order valence-electron chi connectivity index (χ0n) is 17.2. The van der Waals surface area contributed by atoms with Crippen molar-refractivity contribution in [3.05, 3.63) is 102 Å². The van der Waals surface area contributed by atoms with E-state index in [1.165, 1.54) is 6.20 Å². The fraction of sp³-hybridized carbons (Fsp3) is 0.120. The molecule has 0 saturated heterocycles. The summed E-state index contributed by atoms with van der Waals surface area (Å²) >= 11 is 0. The van der Waals surface area contributed by atoms with Crippen molar-refractivity contribution in [2.75, 3.05) is 11.9 Å². The number of rotatable bonds is 8. The number of primary amides is 1. The molecule has 0 radical (unpaired) electrons. The maximum Gasteiger partial charge on any atom is 0.252 e. The molecular weight excluding hydrogens is 402 g/mol. The Morgan fingerprint density at radius 1 is 1.06 bits per heavy atom. The number of aromatic nitrogens is 2. The first-order chi connectivity index (χ1) is 15.6. The predicted octanol–water partition coefficient (Wildman–Crippen LogP) is 4.13. The van der Waals surface area contributed by atoms with Crippen molar-refractivity contribution in [3.63, 3.8) is 0 Å². The smallest absolute Gasteiger partial charge is 0.252 e. The Kier molecular flexibility index (Phi) is 5.95. The van der Waals surface area contributed by atoms with Crippen molar-refractivity contribution in [3.8, 4) is 11.1 Å². The summed E-state index contributed by atoms with van der Waals surface area (Å²) < 4.78 is 1.66. The summed E-state index contributed by atoms with van der Waals surface area (Å²) in [6.45, 7) is 7.12. The molecule has 7 heteroatoms. The molecule has 0 aliphatic rings. The lowest BCUT2D eigenvalue weighted by molar-refractivity contribution is -0.119. The topological polar surface area (TPSA) is 93.9 Å². The quantitative estimate of drug-likeness (QED) is 0.417. The van der Waals surface area contributed by atoms with E-state index >= 15 is 0 Å². The molecule has 0 fully saturated rings. The van der Waals surface area contributed by atoms with E-state index in [4.69, 9.17) is 12.3 Å². The van der Waals surface area contributed by atoms with Crippen LogP contribution in [0.5, 0.6) is 0 Å². The van der Waals surface area contributed by atoms with Crippen LogP contribution in [-0.2, 0) is 4.79 Å². The number of carbonyl (C=O) groups is 2. The van der Waals surface area contributed by atoms with Gasteiger partial charge in [-0.05, 0) is 17.2 Å². The number of hydrogen-bond acceptors (Lipinski definition) is 4. The van der Waals surface area contributed by atoms with Crippen LogP contribution >= 0.6 is 0 Å². The molecule has 1 amide bonds. The second-order valence-electron chi connectivity index (χ2n) is 7.31. The third kappa shape index (κ3) is 4.20. The zero-order valence-corrected chi connectivity index (χ0v) is 17.2. The molecule has 0 aliphatic carbocycles. The summed E-state index contributed by atoms with van der Waals surface area (Å²) in [5.74, 6) is -0.794. The van der Waals surface area contributed by atoms with E-state index in [-0.39, 0.29) is 24.3 Å². The van der Waals surface area contributed by atoms with E-state index in [1.54, 1.807) is 4.52 Å².